The summed E-state index contributed by atoms with van der Waals surface area (Å²) in [5, 5.41) is 12.7. The van der Waals surface area contributed by atoms with Crippen molar-refractivity contribution in [1.82, 2.24) is 0 Å². The van der Waals surface area contributed by atoms with E-state index in [9.17, 15) is 5.11 Å². The number of anilines is 1. The van der Waals surface area contributed by atoms with Gasteiger partial charge < -0.3 is 10.4 Å². The number of aryl methyl sites for hydroxylation is 2. The van der Waals surface area contributed by atoms with Crippen molar-refractivity contribution in [1.29, 1.82) is 0 Å². The minimum atomic E-state index is 0.244. The molecule has 0 amide bonds. The van der Waals surface area contributed by atoms with E-state index in [0.717, 1.165) is 5.69 Å². The average Bonchev–Trinajstić information content (AvgIpc) is 2.31. The van der Waals surface area contributed by atoms with Gasteiger partial charge in [0.2, 0.25) is 0 Å². The highest BCUT2D eigenvalue weighted by Gasteiger charge is 2.06. The molecule has 2 heteroatoms. The van der Waals surface area contributed by atoms with Gasteiger partial charge in [0.1, 0.15) is 5.75 Å². The molecule has 0 aromatic heterocycles. The zero-order valence-corrected chi connectivity index (χ0v) is 11.1. The number of hydrogen-bond acceptors (Lipinski definition) is 2. The molecule has 0 bridgehead atoms. The Bertz CT molecular complexity index is 511. The Labute approximate surface area is 108 Å². The lowest BCUT2D eigenvalue weighted by molar-refractivity contribution is 0.475. The monoisotopic (exact) mass is 241 g/mol. The highest BCUT2D eigenvalue weighted by Crippen LogP contribution is 2.22. The third kappa shape index (κ3) is 3.04. The van der Waals surface area contributed by atoms with Crippen molar-refractivity contribution in [3.63, 3.8) is 0 Å². The van der Waals surface area contributed by atoms with Crippen molar-refractivity contribution in [2.75, 3.05) is 5.32 Å². The maximum absolute atomic E-state index is 9.25. The summed E-state index contributed by atoms with van der Waals surface area (Å²) in [4.78, 5) is 0. The van der Waals surface area contributed by atoms with Crippen LogP contribution >= 0.6 is 0 Å². The molecule has 2 aromatic carbocycles. The molecule has 0 radical (unpaired) electrons. The second kappa shape index (κ2) is 5.13. The molecule has 0 heterocycles. The zero-order chi connectivity index (χ0) is 13.1. The molecule has 1 atom stereocenters. The Hall–Kier alpha value is -1.96. The summed E-state index contributed by atoms with van der Waals surface area (Å²) in [5.41, 5.74) is 4.86. The van der Waals surface area contributed by atoms with Crippen molar-refractivity contribution in [2.24, 2.45) is 0 Å². The van der Waals surface area contributed by atoms with E-state index in [1.54, 1.807) is 12.1 Å². The van der Waals surface area contributed by atoms with Gasteiger partial charge >= 0.3 is 0 Å². The van der Waals surface area contributed by atoms with Crippen LogP contribution in [0.1, 0.15) is 29.7 Å². The Morgan fingerprint density at radius 2 is 1.50 bits per heavy atom. The number of aromatic hydroxyl groups is 1. The van der Waals surface area contributed by atoms with Gasteiger partial charge in [0.25, 0.3) is 0 Å². The van der Waals surface area contributed by atoms with Crippen LogP contribution in [0.3, 0.4) is 0 Å². The second-order valence-corrected chi connectivity index (χ2v) is 4.83. The third-order valence-corrected chi connectivity index (χ3v) is 2.99. The summed E-state index contributed by atoms with van der Waals surface area (Å²) in [6, 6.07) is 14.0. The number of nitrogens with one attached hydrogen (secondary N) is 1. The molecule has 0 saturated heterocycles. The van der Waals surface area contributed by atoms with E-state index < -0.39 is 0 Å². The SMILES string of the molecule is Cc1cc(C)cc(C(C)Nc2ccc(O)cc2)c1. The van der Waals surface area contributed by atoms with Crippen LogP contribution < -0.4 is 5.32 Å². The number of benzene rings is 2. The van der Waals surface area contributed by atoms with Gasteiger partial charge in [-0.15, -0.1) is 0 Å². The molecule has 0 fully saturated rings. The fraction of sp³-hybridized carbons (Fsp3) is 0.250. The van der Waals surface area contributed by atoms with Crippen LogP contribution in [0.25, 0.3) is 0 Å². The first-order valence-corrected chi connectivity index (χ1v) is 6.18. The minimum Gasteiger partial charge on any atom is -0.508 e. The van der Waals surface area contributed by atoms with Gasteiger partial charge in [0.05, 0.1) is 0 Å². The lowest BCUT2D eigenvalue weighted by atomic mass is 10.0. The Balaban J connectivity index is 2.16. The van der Waals surface area contributed by atoms with Crippen molar-refractivity contribution in [2.45, 2.75) is 26.8 Å². The van der Waals surface area contributed by atoms with Crippen molar-refractivity contribution >= 4 is 5.69 Å². The van der Waals surface area contributed by atoms with Gasteiger partial charge in [-0.2, -0.15) is 0 Å². The van der Waals surface area contributed by atoms with Crippen LogP contribution in [0.15, 0.2) is 42.5 Å². The molecule has 0 aliphatic rings. The van der Waals surface area contributed by atoms with Crippen LogP contribution in [-0.4, -0.2) is 5.11 Å². The van der Waals surface area contributed by atoms with Crippen LogP contribution in [0.2, 0.25) is 0 Å². The van der Waals surface area contributed by atoms with Crippen LogP contribution in [0, 0.1) is 13.8 Å². The first kappa shape index (κ1) is 12.5. The summed E-state index contributed by atoms with van der Waals surface area (Å²) >= 11 is 0. The van der Waals surface area contributed by atoms with Gasteiger partial charge in [-0.1, -0.05) is 29.3 Å². The van der Waals surface area contributed by atoms with Crippen molar-refractivity contribution in [3.05, 3.63) is 59.2 Å². The van der Waals surface area contributed by atoms with Crippen molar-refractivity contribution < 1.29 is 5.11 Å². The average molecular weight is 241 g/mol. The summed E-state index contributed by atoms with van der Waals surface area (Å²) in [5.74, 6) is 0.291. The lowest BCUT2D eigenvalue weighted by Crippen LogP contribution is -2.06. The Morgan fingerprint density at radius 1 is 0.944 bits per heavy atom. The van der Waals surface area contributed by atoms with Gasteiger partial charge in [0, 0.05) is 11.7 Å². The topological polar surface area (TPSA) is 32.3 Å². The molecule has 2 N–H and O–H groups in total. The van der Waals surface area contributed by atoms with E-state index in [1.807, 2.05) is 12.1 Å². The van der Waals surface area contributed by atoms with Gasteiger partial charge in [-0.3, -0.25) is 0 Å². The first-order chi connectivity index (χ1) is 8.54. The van der Waals surface area contributed by atoms with Gasteiger partial charge in [0.15, 0.2) is 0 Å². The predicted octanol–water partition coefficient (Wildman–Crippen LogP) is 4.18. The molecular weight excluding hydrogens is 222 g/mol. The smallest absolute Gasteiger partial charge is 0.115 e. The zero-order valence-electron chi connectivity index (χ0n) is 11.1. The maximum atomic E-state index is 9.25. The van der Waals surface area contributed by atoms with Crippen LogP contribution in [0.5, 0.6) is 5.75 Å². The van der Waals surface area contributed by atoms with E-state index >= 15 is 0 Å². The molecule has 2 aromatic rings. The fourth-order valence-corrected chi connectivity index (χ4v) is 2.15. The maximum Gasteiger partial charge on any atom is 0.115 e. The quantitative estimate of drug-likeness (QED) is 0.790. The number of phenols is 1. The number of phenolic OH excluding ortho intramolecular Hbond substituents is 1. The van der Waals surface area contributed by atoms with Crippen LogP contribution in [0.4, 0.5) is 5.69 Å². The summed E-state index contributed by atoms with van der Waals surface area (Å²) < 4.78 is 0. The molecule has 0 aliphatic heterocycles. The summed E-state index contributed by atoms with van der Waals surface area (Å²) in [6.45, 7) is 6.37. The second-order valence-electron chi connectivity index (χ2n) is 4.83. The highest BCUT2D eigenvalue weighted by atomic mass is 16.3. The molecule has 0 saturated carbocycles. The molecule has 0 aliphatic carbocycles. The third-order valence-electron chi connectivity index (χ3n) is 2.99. The highest BCUT2D eigenvalue weighted by molar-refractivity contribution is 5.48. The van der Waals surface area contributed by atoms with E-state index in [4.69, 9.17) is 0 Å². The van der Waals surface area contributed by atoms with Crippen molar-refractivity contribution in [3.8, 4) is 5.75 Å². The summed E-state index contributed by atoms with van der Waals surface area (Å²) in [6.07, 6.45) is 0. The van der Waals surface area contributed by atoms with E-state index in [1.165, 1.54) is 16.7 Å². The van der Waals surface area contributed by atoms with E-state index in [-0.39, 0.29) is 6.04 Å². The molecule has 94 valence electrons. The fourth-order valence-electron chi connectivity index (χ4n) is 2.15. The molecule has 2 nitrogen and oxygen atoms in total. The van der Waals surface area contributed by atoms with Gasteiger partial charge in [-0.05, 0) is 50.6 Å². The Morgan fingerprint density at radius 3 is 2.06 bits per heavy atom. The van der Waals surface area contributed by atoms with E-state index in [0.29, 0.717) is 5.75 Å². The molecule has 2 rings (SSSR count). The lowest BCUT2D eigenvalue weighted by Gasteiger charge is -2.17. The predicted molar refractivity (Wildman–Crippen MR) is 76.1 cm³/mol. The molecule has 18 heavy (non-hydrogen) atoms. The van der Waals surface area contributed by atoms with E-state index in [2.05, 4.69) is 44.3 Å². The largest absolute Gasteiger partial charge is 0.508 e. The number of hydrogen-bond donors (Lipinski definition) is 2. The first-order valence-electron chi connectivity index (χ1n) is 6.18. The normalized spacial score (nSPS) is 12.2. The molecule has 0 spiro atoms. The van der Waals surface area contributed by atoms with Gasteiger partial charge in [-0.25, -0.2) is 0 Å². The molecule has 1 unspecified atom stereocenters. The number of rotatable bonds is 3. The minimum absolute atomic E-state index is 0.244. The summed E-state index contributed by atoms with van der Waals surface area (Å²) in [7, 11) is 0. The van der Waals surface area contributed by atoms with Crippen LogP contribution in [-0.2, 0) is 0 Å². The Kier molecular flexibility index (Phi) is 3.56. The standard InChI is InChI=1S/C16H19NO/c1-11-8-12(2)10-14(9-11)13(3)17-15-4-6-16(18)7-5-15/h4-10,13,17-18H,1-3H3. The molecular formula is C16H19NO.